The third kappa shape index (κ3) is 17.7. The lowest BCUT2D eigenvalue weighted by molar-refractivity contribution is -0.161. The van der Waals surface area contributed by atoms with Crippen LogP contribution >= 0.6 is 0 Å². The van der Waals surface area contributed by atoms with Crippen molar-refractivity contribution in [1.29, 1.82) is 0 Å². The van der Waals surface area contributed by atoms with E-state index in [4.69, 9.17) is 37.9 Å². The normalized spacial score (nSPS) is 11.1. The Bertz CT molecular complexity index is 1570. The molecule has 326 valence electrons. The largest absolute Gasteiger partial charge is 0.462 e. The van der Waals surface area contributed by atoms with Crippen molar-refractivity contribution in [2.75, 3.05) is 52.9 Å². The molecule has 18 heteroatoms. The molecule has 2 N–H and O–H groups in total. The highest BCUT2D eigenvalue weighted by Gasteiger charge is 2.40. The lowest BCUT2D eigenvalue weighted by Gasteiger charge is -2.33. The van der Waals surface area contributed by atoms with Crippen LogP contribution in [0.4, 0.5) is 9.59 Å². The molecule has 0 aromatic heterocycles. The second kappa shape index (κ2) is 24.1. The van der Waals surface area contributed by atoms with Gasteiger partial charge in [0, 0.05) is 36.5 Å². The molecule has 18 nitrogen and oxygen atoms in total. The number of esters is 6. The van der Waals surface area contributed by atoms with Crippen molar-refractivity contribution in [1.82, 2.24) is 10.6 Å². The van der Waals surface area contributed by atoms with Gasteiger partial charge in [0.05, 0.1) is 11.1 Å². The fourth-order valence-corrected chi connectivity index (χ4v) is 4.66. The second-order valence-corrected chi connectivity index (χ2v) is 14.1. The van der Waals surface area contributed by atoms with E-state index in [2.05, 4.69) is 50.1 Å². The van der Waals surface area contributed by atoms with E-state index < -0.39 is 123 Å². The summed E-state index contributed by atoms with van der Waals surface area (Å²) in [5.74, 6) is -5.09. The molecular formula is C42H52N2O16. The van der Waals surface area contributed by atoms with Crippen molar-refractivity contribution >= 4 is 48.0 Å². The molecule has 0 atom stereocenters. The van der Waals surface area contributed by atoms with Crippen LogP contribution in [0, 0.1) is 10.8 Å². The van der Waals surface area contributed by atoms with Crippen molar-refractivity contribution in [3.05, 3.63) is 111 Å². The molecule has 60 heavy (non-hydrogen) atoms. The van der Waals surface area contributed by atoms with Crippen molar-refractivity contribution in [3.8, 4) is 0 Å². The van der Waals surface area contributed by atoms with E-state index in [0.717, 1.165) is 36.5 Å². The summed E-state index contributed by atoms with van der Waals surface area (Å²) in [5, 5.41) is 5.46. The molecule has 1 rings (SSSR count). The molecule has 1 aromatic rings. The first-order valence-electron chi connectivity index (χ1n) is 17.9. The summed E-state index contributed by atoms with van der Waals surface area (Å²) in [6.45, 7) is 22.4. The summed E-state index contributed by atoms with van der Waals surface area (Å²) in [7, 11) is 0. The molecule has 0 heterocycles. The van der Waals surface area contributed by atoms with Gasteiger partial charge in [0.2, 0.25) is 0 Å². The molecule has 0 saturated heterocycles. The first-order valence-corrected chi connectivity index (χ1v) is 17.9. The summed E-state index contributed by atoms with van der Waals surface area (Å²) in [6.07, 6.45) is 3.38. The molecule has 0 fully saturated rings. The SMILES string of the molecule is C=CC(=O)OCC(COC(=O)C=C)(COC(=O)C=C)COC(=O)NC(C)(C)c1cccc(C(C)(C)NC(=O)OCC(COC(=O)C=C)(COC(=O)C=C)COC(=O)C=C)c1. The van der Waals surface area contributed by atoms with Gasteiger partial charge in [-0.05, 0) is 38.8 Å². The van der Waals surface area contributed by atoms with Gasteiger partial charge in [-0.15, -0.1) is 0 Å². The lowest BCUT2D eigenvalue weighted by atomic mass is 9.87. The Kier molecular flexibility index (Phi) is 20.5. The van der Waals surface area contributed by atoms with Gasteiger partial charge < -0.3 is 48.5 Å². The molecular weight excluding hydrogens is 788 g/mol. The number of rotatable bonds is 26. The monoisotopic (exact) mass is 840 g/mol. The van der Waals surface area contributed by atoms with Crippen LogP contribution in [-0.2, 0) is 77.7 Å². The fraction of sp³-hybridized carbons (Fsp3) is 0.381. The van der Waals surface area contributed by atoms with E-state index in [1.807, 2.05) is 0 Å². The summed E-state index contributed by atoms with van der Waals surface area (Å²) in [5.41, 5.74) is -4.32. The highest BCUT2D eigenvalue weighted by molar-refractivity contribution is 5.83. The van der Waals surface area contributed by atoms with Crippen molar-refractivity contribution in [2.24, 2.45) is 10.8 Å². The molecule has 0 bridgehead atoms. The van der Waals surface area contributed by atoms with E-state index in [1.165, 1.54) is 0 Å². The second-order valence-electron chi connectivity index (χ2n) is 14.1. The van der Waals surface area contributed by atoms with E-state index in [9.17, 15) is 38.4 Å². The standard InChI is InChI=1S/C42H52N2O16/c1-11-31(45)53-21-41(22-54-32(46)12-2,23-55-33(47)13-3)27-59-37(51)43-39(7,8)29-18-17-19-30(20-29)40(9,10)44-38(52)60-28-42(24-56-34(48)14-4,25-57-35(49)15-5)26-58-36(50)16-6/h11-20H,1-6,21-28H2,7-10H3,(H,43,51)(H,44,52). The third-order valence-corrected chi connectivity index (χ3v) is 8.28. The number of nitrogens with one attached hydrogen (secondary N) is 2. The zero-order valence-electron chi connectivity index (χ0n) is 34.2. The summed E-state index contributed by atoms with van der Waals surface area (Å²) >= 11 is 0. The third-order valence-electron chi connectivity index (χ3n) is 8.28. The number of carbonyl (C=O) groups excluding carboxylic acids is 8. The number of carbonyl (C=O) groups is 8. The Hall–Kier alpha value is -6.98. The first-order chi connectivity index (χ1) is 28.1. The average molecular weight is 841 g/mol. The van der Waals surface area contributed by atoms with E-state index >= 15 is 0 Å². The Balaban J connectivity index is 3.28. The van der Waals surface area contributed by atoms with Crippen LogP contribution < -0.4 is 10.6 Å². The van der Waals surface area contributed by atoms with Gasteiger partial charge in [-0.25, -0.2) is 38.4 Å². The number of benzene rings is 1. The fourth-order valence-electron chi connectivity index (χ4n) is 4.66. The van der Waals surface area contributed by atoms with Crippen LogP contribution in [0.1, 0.15) is 38.8 Å². The van der Waals surface area contributed by atoms with Crippen molar-refractivity contribution in [3.63, 3.8) is 0 Å². The molecule has 0 aliphatic rings. The number of alkyl carbamates (subject to hydrolysis) is 2. The smallest absolute Gasteiger partial charge is 0.407 e. The maximum Gasteiger partial charge on any atom is 0.407 e. The molecule has 0 spiro atoms. The van der Waals surface area contributed by atoms with Crippen LogP contribution in [0.2, 0.25) is 0 Å². The first kappa shape index (κ1) is 51.0. The lowest BCUT2D eigenvalue weighted by Crippen LogP contribution is -2.47. The van der Waals surface area contributed by atoms with Gasteiger partial charge in [0.15, 0.2) is 0 Å². The summed E-state index contributed by atoms with van der Waals surface area (Å²) in [4.78, 5) is 98.1. The van der Waals surface area contributed by atoms with Gasteiger partial charge in [-0.3, -0.25) is 0 Å². The molecule has 2 amide bonds. The Morgan fingerprint density at radius 1 is 0.433 bits per heavy atom. The van der Waals surface area contributed by atoms with Crippen LogP contribution in [-0.4, -0.2) is 101 Å². The Morgan fingerprint density at radius 2 is 0.650 bits per heavy atom. The highest BCUT2D eigenvalue weighted by Crippen LogP contribution is 2.28. The van der Waals surface area contributed by atoms with Crippen molar-refractivity contribution in [2.45, 2.75) is 38.8 Å². The minimum absolute atomic E-state index is 0.523. The molecule has 0 radical (unpaired) electrons. The van der Waals surface area contributed by atoms with Gasteiger partial charge >= 0.3 is 48.0 Å². The highest BCUT2D eigenvalue weighted by atomic mass is 16.6. The maximum atomic E-state index is 13.3. The zero-order valence-corrected chi connectivity index (χ0v) is 34.2. The predicted molar refractivity (Wildman–Crippen MR) is 213 cm³/mol. The number of amides is 2. The topological polar surface area (TPSA) is 234 Å². The van der Waals surface area contributed by atoms with Crippen LogP contribution in [0.15, 0.2) is 100 Å². The van der Waals surface area contributed by atoms with Crippen molar-refractivity contribution < 1.29 is 76.3 Å². The molecule has 0 saturated carbocycles. The van der Waals surface area contributed by atoms with Gasteiger partial charge in [0.1, 0.15) is 63.7 Å². The zero-order chi connectivity index (χ0) is 45.6. The van der Waals surface area contributed by atoms with E-state index in [1.54, 1.807) is 52.0 Å². The van der Waals surface area contributed by atoms with Crippen LogP contribution in [0.3, 0.4) is 0 Å². The molecule has 0 aliphatic carbocycles. The molecule has 1 aromatic carbocycles. The average Bonchev–Trinajstić information content (AvgIpc) is 3.23. The van der Waals surface area contributed by atoms with Gasteiger partial charge in [-0.2, -0.15) is 0 Å². The Morgan fingerprint density at radius 3 is 0.867 bits per heavy atom. The minimum atomic E-state index is -1.57. The van der Waals surface area contributed by atoms with Gasteiger partial charge in [0.25, 0.3) is 0 Å². The maximum absolute atomic E-state index is 13.3. The predicted octanol–water partition coefficient (Wildman–Crippen LogP) is 3.96. The number of hydrogen-bond donors (Lipinski definition) is 2. The molecule has 0 unspecified atom stereocenters. The summed E-state index contributed by atoms with van der Waals surface area (Å²) in [6, 6.07) is 6.78. The Labute approximate surface area is 348 Å². The number of hydrogen-bond acceptors (Lipinski definition) is 16. The van der Waals surface area contributed by atoms with Gasteiger partial charge in [-0.1, -0.05) is 63.7 Å². The van der Waals surface area contributed by atoms with E-state index in [-0.39, 0.29) is 0 Å². The minimum Gasteiger partial charge on any atom is -0.462 e. The van der Waals surface area contributed by atoms with Crippen LogP contribution in [0.5, 0.6) is 0 Å². The number of ether oxygens (including phenoxy) is 8. The van der Waals surface area contributed by atoms with E-state index in [0.29, 0.717) is 11.1 Å². The van der Waals surface area contributed by atoms with Crippen LogP contribution in [0.25, 0.3) is 0 Å². The molecule has 0 aliphatic heterocycles. The quantitative estimate of drug-likeness (QED) is 0.0763. The summed E-state index contributed by atoms with van der Waals surface area (Å²) < 4.78 is 42.0.